The van der Waals surface area contributed by atoms with Crippen LogP contribution in [0.1, 0.15) is 49.5 Å². The van der Waals surface area contributed by atoms with Crippen LogP contribution in [-0.4, -0.2) is 81.5 Å². The van der Waals surface area contributed by atoms with E-state index in [9.17, 15) is 19.2 Å². The highest BCUT2D eigenvalue weighted by atomic mass is 127. The first kappa shape index (κ1) is 33.0. The first-order valence-electron chi connectivity index (χ1n) is 11.2. The average Bonchev–Trinajstić information content (AvgIpc) is 3.59. The van der Waals surface area contributed by atoms with Gasteiger partial charge in [0.2, 0.25) is 0 Å². The van der Waals surface area contributed by atoms with E-state index in [1.807, 2.05) is 29.5 Å². The summed E-state index contributed by atoms with van der Waals surface area (Å²) in [5.74, 6) is -1.24. The van der Waals surface area contributed by atoms with Crippen molar-refractivity contribution in [3.63, 3.8) is 0 Å². The zero-order chi connectivity index (χ0) is 29.5. The smallest absolute Gasteiger partial charge is 0.357 e. The van der Waals surface area contributed by atoms with Gasteiger partial charge >= 0.3 is 17.9 Å². The van der Waals surface area contributed by atoms with Crippen molar-refractivity contribution in [3.8, 4) is 0 Å². The van der Waals surface area contributed by atoms with Crippen LogP contribution in [-0.2, 0) is 51.3 Å². The topological polar surface area (TPSA) is 159 Å². The van der Waals surface area contributed by atoms with Crippen LogP contribution < -0.4 is 0 Å². The Morgan fingerprint density at radius 3 is 1.82 bits per heavy atom. The number of halogens is 1. The van der Waals surface area contributed by atoms with Gasteiger partial charge in [-0.25, -0.2) is 14.4 Å². The Morgan fingerprint density at radius 1 is 0.821 bits per heavy atom. The molecule has 14 nitrogen and oxygen atoms in total. The molecule has 0 fully saturated rings. The second-order valence-electron chi connectivity index (χ2n) is 7.28. The lowest BCUT2D eigenvalue weighted by molar-refractivity contribution is -0.107. The Kier molecular flexibility index (Phi) is 14.2. The highest BCUT2D eigenvalue weighted by Gasteiger charge is 2.17. The average molecular weight is 658 g/mol. The maximum absolute atomic E-state index is 11.4. The van der Waals surface area contributed by atoms with Crippen LogP contribution in [0.25, 0.3) is 6.08 Å². The third kappa shape index (κ3) is 9.35. The largest absolute Gasteiger partial charge is 0.501 e. The van der Waals surface area contributed by atoms with E-state index in [0.717, 1.165) is 9.86 Å². The summed E-state index contributed by atoms with van der Waals surface area (Å²) in [5, 5.41) is 11.7. The Morgan fingerprint density at radius 2 is 1.31 bits per heavy atom. The minimum Gasteiger partial charge on any atom is -0.501 e. The molecule has 3 aromatic heterocycles. The van der Waals surface area contributed by atoms with E-state index in [1.165, 1.54) is 47.8 Å². The molecule has 0 aliphatic rings. The highest BCUT2D eigenvalue weighted by Crippen LogP contribution is 2.12. The molecule has 0 aromatic carbocycles. The Hall–Kier alpha value is -4.02. The van der Waals surface area contributed by atoms with Crippen molar-refractivity contribution < 1.29 is 38.1 Å². The second-order valence-corrected chi connectivity index (χ2v) is 8.44. The fourth-order valence-electron chi connectivity index (χ4n) is 2.96. The zero-order valence-electron chi connectivity index (χ0n) is 22.7. The molecule has 0 aliphatic heterocycles. The summed E-state index contributed by atoms with van der Waals surface area (Å²) in [4.78, 5) is 43.9. The van der Waals surface area contributed by atoms with Crippen molar-refractivity contribution in [1.82, 2.24) is 29.3 Å². The lowest BCUT2D eigenvalue weighted by Gasteiger charge is -2.00. The number of ether oxygens (including phenoxy) is 4. The van der Waals surface area contributed by atoms with Gasteiger partial charge in [0.25, 0.3) is 0 Å². The third-order valence-corrected chi connectivity index (χ3v) is 5.62. The molecule has 0 saturated heterocycles. The monoisotopic (exact) mass is 658 g/mol. The van der Waals surface area contributed by atoms with Crippen molar-refractivity contribution >= 4 is 52.9 Å². The highest BCUT2D eigenvalue weighted by molar-refractivity contribution is 14.1. The number of aldehydes is 1. The molecule has 15 heteroatoms. The minimum atomic E-state index is -0.475. The predicted octanol–water partition coefficient (Wildman–Crippen LogP) is 1.97. The molecular formula is C24H31IN6O8. The molecule has 0 unspecified atom stereocenters. The number of aromatic nitrogens is 6. The van der Waals surface area contributed by atoms with E-state index in [0.29, 0.717) is 34.8 Å². The van der Waals surface area contributed by atoms with Crippen LogP contribution in [0.4, 0.5) is 0 Å². The van der Waals surface area contributed by atoms with Gasteiger partial charge < -0.3 is 23.7 Å². The van der Waals surface area contributed by atoms with Gasteiger partial charge in [0, 0.05) is 38.7 Å². The van der Waals surface area contributed by atoms with Crippen molar-refractivity contribution in [2.45, 2.75) is 13.3 Å². The fraction of sp³-hybridized carbons (Fsp3) is 0.375. The van der Waals surface area contributed by atoms with E-state index in [4.69, 9.17) is 4.74 Å². The molecule has 0 spiro atoms. The maximum atomic E-state index is 11.4. The Balaban J connectivity index is 0.000000296. The molecule has 212 valence electrons. The molecule has 0 amide bonds. The van der Waals surface area contributed by atoms with Crippen LogP contribution >= 0.6 is 22.6 Å². The summed E-state index contributed by atoms with van der Waals surface area (Å²) in [6.45, 7) is 2.47. The number of hydrogen-bond donors (Lipinski definition) is 0. The number of carbonyl (C=O) groups excluding carboxylic acids is 4. The maximum Gasteiger partial charge on any atom is 0.357 e. The van der Waals surface area contributed by atoms with E-state index in [2.05, 4.69) is 29.5 Å². The molecule has 39 heavy (non-hydrogen) atoms. The van der Waals surface area contributed by atoms with Crippen molar-refractivity contribution in [3.05, 3.63) is 56.6 Å². The Bertz CT molecular complexity index is 1270. The van der Waals surface area contributed by atoms with Gasteiger partial charge in [0.05, 0.1) is 56.4 Å². The van der Waals surface area contributed by atoms with E-state index in [1.54, 1.807) is 39.6 Å². The second kappa shape index (κ2) is 16.7. The van der Waals surface area contributed by atoms with Crippen LogP contribution in [0, 0.1) is 3.57 Å². The summed E-state index contributed by atoms with van der Waals surface area (Å²) in [6.07, 6.45) is 8.81. The van der Waals surface area contributed by atoms with Gasteiger partial charge in [-0.3, -0.25) is 14.0 Å². The van der Waals surface area contributed by atoms with Gasteiger partial charge in [-0.1, -0.05) is 0 Å². The number of methoxy groups -OCH3 is 3. The van der Waals surface area contributed by atoms with Gasteiger partial charge in [0.1, 0.15) is 12.0 Å². The van der Waals surface area contributed by atoms with Gasteiger partial charge in [-0.15, -0.1) is 0 Å². The first-order valence-corrected chi connectivity index (χ1v) is 12.3. The molecule has 0 radical (unpaired) electrons. The summed E-state index contributed by atoms with van der Waals surface area (Å²) in [6, 6.07) is 0. The van der Waals surface area contributed by atoms with Gasteiger partial charge in [0.15, 0.2) is 11.4 Å². The molecule has 0 saturated carbocycles. The number of esters is 3. The molecular weight excluding hydrogens is 627 g/mol. The number of aryl methyl sites for hydroxylation is 3. The normalized spacial score (nSPS) is 10.1. The SMILES string of the molecule is CCO/C=C\c1cnn(C)c1C(=O)OC.COC(=O)c1c(CC=O)cnn1C.COC(=O)c1c(I)cnn1C. The molecule has 0 N–H and O–H groups in total. The summed E-state index contributed by atoms with van der Waals surface area (Å²) >= 11 is 2.04. The third-order valence-electron chi connectivity index (χ3n) is 4.83. The molecule has 3 heterocycles. The molecule has 0 bridgehead atoms. The lowest BCUT2D eigenvalue weighted by Crippen LogP contribution is -2.11. The van der Waals surface area contributed by atoms with E-state index >= 15 is 0 Å². The molecule has 0 aliphatic carbocycles. The molecule has 3 rings (SSSR count). The van der Waals surface area contributed by atoms with Crippen LogP contribution in [0.5, 0.6) is 0 Å². The Labute approximate surface area is 239 Å². The number of rotatable bonds is 8. The van der Waals surface area contributed by atoms with Gasteiger partial charge in [-0.2, -0.15) is 15.3 Å². The summed E-state index contributed by atoms with van der Waals surface area (Å²) in [5.41, 5.74) is 2.50. The number of nitrogens with zero attached hydrogens (tertiary/aromatic N) is 6. The standard InChI is InChI=1S/C10H14N2O3.C8H10N2O3.C6H7IN2O2/c1-4-15-6-5-8-7-11-12(2)9(8)10(13)14-3;1-10-7(8(12)13-2)6(3-4-11)5-9-10;1-9-5(6(10)11-2)4(7)3-8-9/h5-7H,4H2,1-3H3;4-5H,3H2,1-2H3;3H,1-2H3/b6-5-;;. The van der Waals surface area contributed by atoms with E-state index in [-0.39, 0.29) is 12.4 Å². The first-order chi connectivity index (χ1) is 18.6. The van der Waals surface area contributed by atoms with Crippen molar-refractivity contribution in [2.24, 2.45) is 21.1 Å². The lowest BCUT2D eigenvalue weighted by atomic mass is 10.2. The quantitative estimate of drug-likeness (QED) is 0.115. The van der Waals surface area contributed by atoms with Crippen LogP contribution in [0.15, 0.2) is 24.9 Å². The van der Waals surface area contributed by atoms with E-state index < -0.39 is 11.9 Å². The van der Waals surface area contributed by atoms with Crippen LogP contribution in [0.2, 0.25) is 0 Å². The summed E-state index contributed by atoms with van der Waals surface area (Å²) in [7, 11) is 9.00. The van der Waals surface area contributed by atoms with Crippen LogP contribution in [0.3, 0.4) is 0 Å². The fourth-order valence-corrected chi connectivity index (χ4v) is 3.65. The predicted molar refractivity (Wildman–Crippen MR) is 147 cm³/mol. The summed E-state index contributed by atoms with van der Waals surface area (Å²) < 4.78 is 24.0. The zero-order valence-corrected chi connectivity index (χ0v) is 24.9. The number of hydrogen-bond acceptors (Lipinski definition) is 11. The van der Waals surface area contributed by atoms with Crippen molar-refractivity contribution in [1.29, 1.82) is 0 Å². The minimum absolute atomic E-state index is 0.179. The number of carbonyl (C=O) groups is 4. The molecule has 3 aromatic rings. The van der Waals surface area contributed by atoms with Gasteiger partial charge in [-0.05, 0) is 35.6 Å². The van der Waals surface area contributed by atoms with Crippen molar-refractivity contribution in [2.75, 3.05) is 27.9 Å². The molecule has 0 atom stereocenters.